The predicted octanol–water partition coefficient (Wildman–Crippen LogP) is 5.72. The smallest absolute Gasteiger partial charge is 0.338 e. The van der Waals surface area contributed by atoms with E-state index in [2.05, 4.69) is 32.9 Å². The quantitative estimate of drug-likeness (QED) is 0.191. The highest BCUT2D eigenvalue weighted by Gasteiger charge is 2.36. The van der Waals surface area contributed by atoms with Crippen LogP contribution in [0.4, 0.5) is 0 Å². The molecule has 0 saturated carbocycles. The molecular weight excluding hydrogens is 616 g/mol. The van der Waals surface area contributed by atoms with Gasteiger partial charge >= 0.3 is 5.97 Å². The zero-order chi connectivity index (χ0) is 33.8. The maximum atomic E-state index is 14.2. The van der Waals surface area contributed by atoms with E-state index < -0.39 is 12.0 Å². The Morgan fingerprint density at radius 2 is 1.64 bits per heavy atom. The van der Waals surface area contributed by atoms with Crippen LogP contribution in [0.2, 0.25) is 0 Å². The van der Waals surface area contributed by atoms with Gasteiger partial charge in [-0.2, -0.15) is 0 Å². The zero-order valence-corrected chi connectivity index (χ0v) is 28.9. The van der Waals surface area contributed by atoms with Crippen LogP contribution in [0, 0.1) is 20.8 Å². The zero-order valence-electron chi connectivity index (χ0n) is 28.1. The van der Waals surface area contributed by atoms with E-state index >= 15 is 0 Å². The van der Waals surface area contributed by atoms with Crippen molar-refractivity contribution < 1.29 is 28.5 Å². The lowest BCUT2D eigenvalue weighted by Gasteiger charge is -2.26. The van der Waals surface area contributed by atoms with Crippen molar-refractivity contribution in [3.63, 3.8) is 0 Å². The van der Waals surface area contributed by atoms with Crippen molar-refractivity contribution in [1.82, 2.24) is 4.57 Å². The highest BCUT2D eigenvalue weighted by Crippen LogP contribution is 2.41. The summed E-state index contributed by atoms with van der Waals surface area (Å²) in [6, 6.07) is 14.4. The molecule has 0 radical (unpaired) electrons. The van der Waals surface area contributed by atoms with Crippen molar-refractivity contribution in [2.75, 3.05) is 27.4 Å². The number of ether oxygens (including phenoxy) is 5. The fourth-order valence-electron chi connectivity index (χ4n) is 5.93. The SMILES string of the molecule is CCOC(=O)C1=C(C)N=c2s/c(=C/c3ccc(OCc4c(C)cc(C)cc4C)c(OC)c3)c(=O)n2[C@H]1c1cccc(OC)c1OCC. The summed E-state index contributed by atoms with van der Waals surface area (Å²) in [6.45, 7) is 12.6. The number of fused-ring (bicyclic) bond motifs is 1. The van der Waals surface area contributed by atoms with Gasteiger partial charge < -0.3 is 23.7 Å². The first-order valence-corrected chi connectivity index (χ1v) is 16.3. The Bertz CT molecular complexity index is 2020. The van der Waals surface area contributed by atoms with Gasteiger partial charge in [-0.25, -0.2) is 9.79 Å². The number of benzene rings is 3. The van der Waals surface area contributed by atoms with Crippen LogP contribution in [0.25, 0.3) is 6.08 Å². The minimum absolute atomic E-state index is 0.176. The van der Waals surface area contributed by atoms with Crippen LogP contribution in [0.15, 0.2) is 69.6 Å². The molecule has 1 aromatic heterocycles. The second-order valence-corrected chi connectivity index (χ2v) is 12.2. The van der Waals surface area contributed by atoms with Crippen molar-refractivity contribution in [2.45, 2.75) is 54.2 Å². The molecule has 0 amide bonds. The number of nitrogens with zero attached hydrogens (tertiary/aromatic N) is 2. The van der Waals surface area contributed by atoms with E-state index in [9.17, 15) is 9.59 Å². The molecule has 9 nitrogen and oxygen atoms in total. The molecule has 1 atom stereocenters. The van der Waals surface area contributed by atoms with Crippen molar-refractivity contribution in [1.29, 1.82) is 0 Å². The van der Waals surface area contributed by atoms with Gasteiger partial charge in [0.25, 0.3) is 5.56 Å². The van der Waals surface area contributed by atoms with Gasteiger partial charge in [-0.1, -0.05) is 47.2 Å². The number of carbonyl (C=O) groups excluding carboxylic acids is 1. The van der Waals surface area contributed by atoms with E-state index in [0.717, 1.165) is 11.1 Å². The van der Waals surface area contributed by atoms with Crippen LogP contribution in [0.5, 0.6) is 23.0 Å². The van der Waals surface area contributed by atoms with Gasteiger partial charge in [-0.3, -0.25) is 9.36 Å². The van der Waals surface area contributed by atoms with Crippen molar-refractivity contribution >= 4 is 23.4 Å². The van der Waals surface area contributed by atoms with E-state index in [1.54, 1.807) is 40.2 Å². The predicted molar refractivity (Wildman–Crippen MR) is 183 cm³/mol. The largest absolute Gasteiger partial charge is 0.493 e. The summed E-state index contributed by atoms with van der Waals surface area (Å²) in [5.74, 6) is 1.54. The highest BCUT2D eigenvalue weighted by molar-refractivity contribution is 7.07. The Labute approximate surface area is 278 Å². The molecule has 0 bridgehead atoms. The molecule has 0 unspecified atom stereocenters. The van der Waals surface area contributed by atoms with Gasteiger partial charge in [0, 0.05) is 5.56 Å². The number of aryl methyl sites for hydroxylation is 3. The summed E-state index contributed by atoms with van der Waals surface area (Å²) in [5.41, 5.74) is 6.48. The molecule has 4 aromatic rings. The van der Waals surface area contributed by atoms with Gasteiger partial charge in [0.15, 0.2) is 27.8 Å². The molecule has 3 aromatic carbocycles. The van der Waals surface area contributed by atoms with Crippen molar-refractivity contribution in [2.24, 2.45) is 4.99 Å². The number of allylic oxidation sites excluding steroid dienone is 1. The Kier molecular flexibility index (Phi) is 10.2. The molecule has 2 heterocycles. The fourth-order valence-corrected chi connectivity index (χ4v) is 6.97. The Hall–Kier alpha value is -4.83. The molecule has 0 aliphatic carbocycles. The standard InChI is InChI=1S/C37H40N2O7S/c1-9-44-34-26(12-11-13-29(34)42-7)33-32(36(41)45-10-2)24(6)38-37-39(33)35(40)31(47-37)19-25-14-15-28(30(18-25)43-8)46-20-27-22(4)16-21(3)17-23(27)5/h11-19,33H,9-10,20H2,1-8H3/b31-19+/t33-/m0/s1. The van der Waals surface area contributed by atoms with Gasteiger partial charge in [-0.05, 0) is 88.1 Å². The summed E-state index contributed by atoms with van der Waals surface area (Å²) in [4.78, 5) is 32.7. The number of rotatable bonds is 11. The first-order chi connectivity index (χ1) is 22.6. The summed E-state index contributed by atoms with van der Waals surface area (Å²) in [5, 5.41) is 0. The van der Waals surface area contributed by atoms with Crippen LogP contribution in [0.1, 0.15) is 60.2 Å². The van der Waals surface area contributed by atoms with Crippen LogP contribution >= 0.6 is 11.3 Å². The molecule has 1 aliphatic heterocycles. The van der Waals surface area contributed by atoms with Crippen LogP contribution in [-0.2, 0) is 16.1 Å². The second kappa shape index (κ2) is 14.3. The van der Waals surface area contributed by atoms with Gasteiger partial charge in [0.05, 0.1) is 43.2 Å². The number of aromatic nitrogens is 1. The topological polar surface area (TPSA) is 97.6 Å². The minimum Gasteiger partial charge on any atom is -0.493 e. The molecule has 0 saturated heterocycles. The van der Waals surface area contributed by atoms with E-state index in [-0.39, 0.29) is 17.7 Å². The number of methoxy groups -OCH3 is 2. The first-order valence-electron chi connectivity index (χ1n) is 15.5. The van der Waals surface area contributed by atoms with E-state index in [0.29, 0.717) is 56.8 Å². The number of para-hydroxylation sites is 1. The third-order valence-electron chi connectivity index (χ3n) is 8.03. The van der Waals surface area contributed by atoms with Crippen LogP contribution in [-0.4, -0.2) is 38.0 Å². The summed E-state index contributed by atoms with van der Waals surface area (Å²) >= 11 is 1.24. The third kappa shape index (κ3) is 6.69. The average Bonchev–Trinajstić information content (AvgIpc) is 3.34. The maximum Gasteiger partial charge on any atom is 0.338 e. The number of esters is 1. The van der Waals surface area contributed by atoms with E-state index in [1.165, 1.54) is 32.6 Å². The molecule has 0 spiro atoms. The monoisotopic (exact) mass is 656 g/mol. The number of hydrogen-bond donors (Lipinski definition) is 0. The molecular formula is C37H40N2O7S. The van der Waals surface area contributed by atoms with E-state index in [4.69, 9.17) is 28.7 Å². The summed E-state index contributed by atoms with van der Waals surface area (Å²) in [6.07, 6.45) is 1.79. The maximum absolute atomic E-state index is 14.2. The molecule has 0 fully saturated rings. The van der Waals surface area contributed by atoms with Gasteiger partial charge in [-0.15, -0.1) is 0 Å². The summed E-state index contributed by atoms with van der Waals surface area (Å²) < 4.78 is 30.9. The molecule has 47 heavy (non-hydrogen) atoms. The lowest BCUT2D eigenvalue weighted by Crippen LogP contribution is -2.40. The Morgan fingerprint density at radius 3 is 2.30 bits per heavy atom. The summed E-state index contributed by atoms with van der Waals surface area (Å²) in [7, 11) is 3.14. The fraction of sp³-hybridized carbons (Fsp3) is 0.324. The Balaban J connectivity index is 1.59. The number of carbonyl (C=O) groups is 1. The normalized spacial score (nSPS) is 14.4. The van der Waals surface area contributed by atoms with Gasteiger partial charge in [0.1, 0.15) is 12.6 Å². The minimum atomic E-state index is -0.844. The first kappa shape index (κ1) is 33.5. The molecule has 246 valence electrons. The highest BCUT2D eigenvalue weighted by atomic mass is 32.1. The molecule has 0 N–H and O–H groups in total. The lowest BCUT2D eigenvalue weighted by atomic mass is 9.94. The Morgan fingerprint density at radius 1 is 0.915 bits per heavy atom. The van der Waals surface area contributed by atoms with Crippen molar-refractivity contribution in [3.05, 3.63) is 113 Å². The average molecular weight is 657 g/mol. The number of hydrogen-bond acceptors (Lipinski definition) is 9. The van der Waals surface area contributed by atoms with Crippen molar-refractivity contribution in [3.8, 4) is 23.0 Å². The molecule has 5 rings (SSSR count). The lowest BCUT2D eigenvalue weighted by molar-refractivity contribution is -0.139. The number of thiazole rings is 1. The molecule has 10 heteroatoms. The van der Waals surface area contributed by atoms with Crippen LogP contribution < -0.4 is 33.8 Å². The second-order valence-electron chi connectivity index (χ2n) is 11.2. The van der Waals surface area contributed by atoms with E-state index in [1.807, 2.05) is 37.3 Å². The van der Waals surface area contributed by atoms with Crippen LogP contribution in [0.3, 0.4) is 0 Å². The van der Waals surface area contributed by atoms with Gasteiger partial charge in [0.2, 0.25) is 0 Å². The third-order valence-corrected chi connectivity index (χ3v) is 9.01. The molecule has 1 aliphatic rings.